The molecule has 2 rings (SSSR count). The largest absolute Gasteiger partial charge is 0.298 e. The summed E-state index contributed by atoms with van der Waals surface area (Å²) in [7, 11) is 1.83. The van der Waals surface area contributed by atoms with Crippen molar-refractivity contribution in [2.24, 2.45) is 0 Å². The van der Waals surface area contributed by atoms with Crippen molar-refractivity contribution in [2.75, 3.05) is 7.05 Å². The molecule has 0 spiro atoms. The van der Waals surface area contributed by atoms with Crippen LogP contribution in [0, 0.1) is 10.1 Å². The third-order valence-electron chi connectivity index (χ3n) is 3.26. The van der Waals surface area contributed by atoms with Crippen LogP contribution in [0.25, 0.3) is 0 Å². The van der Waals surface area contributed by atoms with Gasteiger partial charge in [-0.25, -0.2) is 0 Å². The first kappa shape index (κ1) is 15.7. The zero-order valence-electron chi connectivity index (χ0n) is 11.9. The Morgan fingerprint density at radius 3 is 2.43 bits per heavy atom. The Morgan fingerprint density at radius 2 is 2.00 bits per heavy atom. The molecule has 0 saturated carbocycles. The van der Waals surface area contributed by atoms with Crippen LogP contribution < -0.4 is 0 Å². The summed E-state index contributed by atoms with van der Waals surface area (Å²) in [6.45, 7) is 4.01. The average molecular weight is 326 g/mol. The summed E-state index contributed by atoms with van der Waals surface area (Å²) in [5.41, 5.74) is 0.696. The number of benzene rings is 1. The molecule has 0 aromatic heterocycles. The van der Waals surface area contributed by atoms with Crippen molar-refractivity contribution in [3.05, 3.63) is 39.9 Å². The lowest BCUT2D eigenvalue weighted by molar-refractivity contribution is -0.808. The van der Waals surface area contributed by atoms with E-state index in [2.05, 4.69) is 0 Å². The van der Waals surface area contributed by atoms with Crippen LogP contribution in [0.2, 0.25) is 0 Å². The van der Waals surface area contributed by atoms with Gasteiger partial charge in [-0.15, -0.1) is 0 Å². The third-order valence-corrected chi connectivity index (χ3v) is 5.00. The molecule has 1 aromatic rings. The summed E-state index contributed by atoms with van der Waals surface area (Å²) in [4.78, 5) is 12.0. The smallest absolute Gasteiger partial charge is 0.292 e. The van der Waals surface area contributed by atoms with Gasteiger partial charge in [0.15, 0.2) is 0 Å². The highest BCUT2D eigenvalue weighted by Crippen LogP contribution is 2.40. The molecule has 0 bridgehead atoms. The van der Waals surface area contributed by atoms with Gasteiger partial charge < -0.3 is 0 Å². The molecule has 1 fully saturated rings. The fourth-order valence-electron chi connectivity index (χ4n) is 2.32. The number of rotatable bonds is 3. The summed E-state index contributed by atoms with van der Waals surface area (Å²) in [5.74, 6) is 0. The molecule has 0 radical (unpaired) electrons. The highest BCUT2D eigenvalue weighted by atomic mass is 32.2. The van der Waals surface area contributed by atoms with Gasteiger partial charge in [0.1, 0.15) is 9.07 Å². The van der Waals surface area contributed by atoms with Crippen LogP contribution in [-0.2, 0) is 0 Å². The van der Waals surface area contributed by atoms with Crippen molar-refractivity contribution < 1.29 is 14.9 Å². The minimum absolute atomic E-state index is 0.0201. The van der Waals surface area contributed by atoms with Crippen LogP contribution in [0.1, 0.15) is 19.4 Å². The van der Waals surface area contributed by atoms with Gasteiger partial charge in [-0.1, -0.05) is 24.0 Å². The Morgan fingerprint density at radius 1 is 1.43 bits per heavy atom. The zero-order chi connectivity index (χ0) is 15.8. The highest BCUT2D eigenvalue weighted by Gasteiger charge is 2.51. The van der Waals surface area contributed by atoms with Gasteiger partial charge in [-0.3, -0.25) is 20.2 Å². The lowest BCUT2D eigenvalue weighted by atomic mass is 10.1. The highest BCUT2D eigenvalue weighted by molar-refractivity contribution is 8.24. The molecule has 1 atom stereocenters. The number of hydrogen-bond donors (Lipinski definition) is 1. The van der Waals surface area contributed by atoms with Crippen molar-refractivity contribution in [3.8, 4) is 0 Å². The van der Waals surface area contributed by atoms with Gasteiger partial charge in [0.05, 0.1) is 4.92 Å². The lowest BCUT2D eigenvalue weighted by Gasteiger charge is -2.21. The van der Waals surface area contributed by atoms with E-state index in [1.807, 2.05) is 25.8 Å². The van der Waals surface area contributed by atoms with Crippen LogP contribution in [0.15, 0.2) is 24.3 Å². The first-order valence-corrected chi connectivity index (χ1v) is 7.47. The van der Waals surface area contributed by atoms with E-state index in [1.54, 1.807) is 18.3 Å². The van der Waals surface area contributed by atoms with Crippen LogP contribution in [0.3, 0.4) is 0 Å². The molecule has 6 nitrogen and oxygen atoms in total. The molecule has 0 aliphatic carbocycles. The van der Waals surface area contributed by atoms with Gasteiger partial charge in [-0.2, -0.15) is 0 Å². The maximum atomic E-state index is 10.6. The molecule has 112 valence electrons. The van der Waals surface area contributed by atoms with Crippen LogP contribution >= 0.6 is 24.0 Å². The monoisotopic (exact) mass is 326 g/mol. The Kier molecular flexibility index (Phi) is 4.20. The van der Waals surface area contributed by atoms with E-state index in [1.165, 1.54) is 23.9 Å². The predicted molar refractivity (Wildman–Crippen MR) is 86.1 cm³/mol. The van der Waals surface area contributed by atoms with Gasteiger partial charge in [0.2, 0.25) is 6.21 Å². The summed E-state index contributed by atoms with van der Waals surface area (Å²) in [6, 6.07) is 5.99. The number of hydroxylamine groups is 1. The van der Waals surface area contributed by atoms with Gasteiger partial charge >= 0.3 is 0 Å². The predicted octanol–water partition coefficient (Wildman–Crippen LogP) is 2.48. The average Bonchev–Trinajstić information content (AvgIpc) is 2.58. The fraction of sp³-hybridized carbons (Fsp3) is 0.385. The van der Waals surface area contributed by atoms with E-state index < -0.39 is 4.92 Å². The maximum absolute atomic E-state index is 10.6. The van der Waals surface area contributed by atoms with Crippen molar-refractivity contribution in [2.45, 2.75) is 24.8 Å². The maximum Gasteiger partial charge on any atom is 0.292 e. The number of thiocarbonyl (C=S) groups is 1. The van der Waals surface area contributed by atoms with Crippen LogP contribution in [0.5, 0.6) is 0 Å². The van der Waals surface area contributed by atoms with Gasteiger partial charge in [0.25, 0.3) is 11.9 Å². The van der Waals surface area contributed by atoms with Crippen LogP contribution in [-0.4, -0.2) is 48.3 Å². The van der Waals surface area contributed by atoms with E-state index in [-0.39, 0.29) is 16.6 Å². The van der Waals surface area contributed by atoms with Crippen molar-refractivity contribution in [1.29, 1.82) is 0 Å². The summed E-state index contributed by atoms with van der Waals surface area (Å²) >= 11 is 6.79. The molecule has 1 N–H and O–H groups in total. The first-order chi connectivity index (χ1) is 9.72. The number of nitro groups is 1. The van der Waals surface area contributed by atoms with E-state index in [0.717, 1.165) is 9.06 Å². The summed E-state index contributed by atoms with van der Waals surface area (Å²) in [5, 5.41) is 21.0. The van der Waals surface area contributed by atoms with E-state index >= 15 is 0 Å². The Bertz CT molecular complexity index is 614. The van der Waals surface area contributed by atoms with E-state index in [4.69, 9.17) is 12.2 Å². The molecule has 1 heterocycles. The SMILES string of the molecule is CN1C(=S)SC(C)(C)C1[N+](O)=Cc1ccc([N+](=O)[O-])cc1. The molecule has 21 heavy (non-hydrogen) atoms. The molecular formula is C13H16N3O3S2+. The van der Waals surface area contributed by atoms with Gasteiger partial charge in [-0.05, 0) is 30.7 Å². The third kappa shape index (κ3) is 3.16. The molecule has 1 saturated heterocycles. The normalized spacial score (nSPS) is 21.7. The summed E-state index contributed by atoms with van der Waals surface area (Å²) in [6.07, 6.45) is 1.24. The first-order valence-electron chi connectivity index (χ1n) is 6.25. The molecule has 1 aliphatic rings. The topological polar surface area (TPSA) is 69.6 Å². The lowest BCUT2D eigenvalue weighted by Crippen LogP contribution is -2.47. The molecule has 0 amide bonds. The molecular weight excluding hydrogens is 310 g/mol. The van der Waals surface area contributed by atoms with Gasteiger partial charge in [0, 0.05) is 24.7 Å². The number of nitrogens with zero attached hydrogens (tertiary/aromatic N) is 3. The number of thioether (sulfide) groups is 1. The van der Waals surface area contributed by atoms with Crippen LogP contribution in [0.4, 0.5) is 5.69 Å². The minimum Gasteiger partial charge on any atom is -0.298 e. The minimum atomic E-state index is -0.455. The number of hydrogen-bond acceptors (Lipinski definition) is 5. The molecule has 1 aromatic carbocycles. The van der Waals surface area contributed by atoms with Crippen molar-refractivity contribution in [1.82, 2.24) is 4.90 Å². The Balaban J connectivity index is 2.28. The Labute approximate surface area is 132 Å². The second-order valence-corrected chi connectivity index (χ2v) is 7.60. The zero-order valence-corrected chi connectivity index (χ0v) is 13.5. The second kappa shape index (κ2) is 5.61. The number of nitro benzene ring substituents is 1. The quantitative estimate of drug-likeness (QED) is 0.230. The molecule has 1 unspecified atom stereocenters. The van der Waals surface area contributed by atoms with E-state index in [0.29, 0.717) is 5.56 Å². The Hall–Kier alpha value is -1.67. The summed E-state index contributed by atoms with van der Waals surface area (Å²) < 4.78 is 1.56. The van der Waals surface area contributed by atoms with Crippen molar-refractivity contribution >= 4 is 40.2 Å². The number of non-ortho nitro benzene ring substituents is 1. The van der Waals surface area contributed by atoms with Crippen molar-refractivity contribution in [3.63, 3.8) is 0 Å². The second-order valence-electron chi connectivity index (χ2n) is 5.31. The van der Waals surface area contributed by atoms with E-state index in [9.17, 15) is 15.3 Å². The fourth-order valence-corrected chi connectivity index (χ4v) is 4.13. The molecule has 1 aliphatic heterocycles. The standard InChI is InChI=1S/C13H16N3O3S2/c1-13(2)11(14(3)12(20)21-13)15(17)8-9-4-6-10(7-5-9)16(18)19/h4-8,11,17H,1-3H3/q+1. The molecule has 8 heteroatoms.